The molecule has 3 aromatic rings. The lowest BCUT2D eigenvalue weighted by Crippen LogP contribution is -2.30. The third kappa shape index (κ3) is 4.74. The number of phenolic OH excluding ortho intramolecular Hbond substituents is 1. The Kier molecular flexibility index (Phi) is 6.81. The number of hydrogen-bond acceptors (Lipinski definition) is 6. The summed E-state index contributed by atoms with van der Waals surface area (Å²) in [7, 11) is -3.76. The molecule has 3 rings (SSSR count). The van der Waals surface area contributed by atoms with E-state index in [1.165, 1.54) is 35.5 Å². The Labute approximate surface area is 186 Å². The Morgan fingerprint density at radius 1 is 1.00 bits per heavy atom. The predicted octanol–water partition coefficient (Wildman–Crippen LogP) is 4.14. The van der Waals surface area contributed by atoms with Crippen LogP contribution < -0.4 is 5.32 Å². The van der Waals surface area contributed by atoms with Crippen LogP contribution in [-0.2, 0) is 10.0 Å². The second-order valence-corrected chi connectivity index (χ2v) is 8.96. The molecule has 0 saturated heterocycles. The minimum absolute atomic E-state index is 0.0213. The Morgan fingerprint density at radius 3 is 2.25 bits per heavy atom. The second kappa shape index (κ2) is 9.37. The summed E-state index contributed by atoms with van der Waals surface area (Å²) < 4.78 is 32.4. The molecule has 9 heteroatoms. The Balaban J connectivity index is 1.83. The molecule has 1 amide bonds. The zero-order valence-corrected chi connectivity index (χ0v) is 18.8. The molecule has 0 fully saturated rings. The number of furan rings is 1. The van der Waals surface area contributed by atoms with Gasteiger partial charge in [0.1, 0.15) is 11.5 Å². The van der Waals surface area contributed by atoms with Crippen LogP contribution in [0.5, 0.6) is 5.75 Å². The van der Waals surface area contributed by atoms with Gasteiger partial charge in [0.15, 0.2) is 11.5 Å². The van der Waals surface area contributed by atoms with Gasteiger partial charge in [-0.2, -0.15) is 4.31 Å². The van der Waals surface area contributed by atoms with Gasteiger partial charge in [0.05, 0.1) is 10.6 Å². The summed E-state index contributed by atoms with van der Waals surface area (Å²) in [5.41, 5.74) is 1.20. The number of carbonyl (C=O) groups excluding carboxylic acids is 2. The van der Waals surface area contributed by atoms with Crippen molar-refractivity contribution in [1.82, 2.24) is 4.31 Å². The van der Waals surface area contributed by atoms with Gasteiger partial charge < -0.3 is 14.8 Å². The maximum Gasteiger partial charge on any atom is 0.291 e. The number of phenols is 1. The number of rotatable bonds is 8. The number of ketones is 1. The van der Waals surface area contributed by atoms with Crippen molar-refractivity contribution in [1.29, 1.82) is 0 Å². The topological polar surface area (TPSA) is 117 Å². The van der Waals surface area contributed by atoms with Crippen LogP contribution in [0.3, 0.4) is 0 Å². The molecule has 0 saturated carbocycles. The van der Waals surface area contributed by atoms with Gasteiger partial charge >= 0.3 is 0 Å². The number of anilines is 1. The second-order valence-electron chi connectivity index (χ2n) is 7.02. The molecule has 0 unspecified atom stereocenters. The molecule has 8 nitrogen and oxygen atoms in total. The molecule has 1 heterocycles. The minimum atomic E-state index is -3.76. The highest BCUT2D eigenvalue weighted by Gasteiger charge is 2.23. The number of hydrogen-bond donors (Lipinski definition) is 2. The lowest BCUT2D eigenvalue weighted by molar-refractivity contribution is 0.0994. The molecule has 0 bridgehead atoms. The van der Waals surface area contributed by atoms with E-state index in [0.29, 0.717) is 30.0 Å². The van der Waals surface area contributed by atoms with E-state index in [1.54, 1.807) is 44.2 Å². The highest BCUT2D eigenvalue weighted by molar-refractivity contribution is 7.89. The van der Waals surface area contributed by atoms with Gasteiger partial charge in [0.2, 0.25) is 10.0 Å². The molecule has 0 aliphatic heterocycles. The van der Waals surface area contributed by atoms with Gasteiger partial charge in [-0.15, -0.1) is 0 Å². The molecule has 0 atom stereocenters. The van der Waals surface area contributed by atoms with Crippen molar-refractivity contribution in [2.75, 3.05) is 18.4 Å². The number of sulfonamides is 1. The summed E-state index contributed by atoms with van der Waals surface area (Å²) >= 11 is 0. The average Bonchev–Trinajstić information content (AvgIpc) is 3.26. The summed E-state index contributed by atoms with van der Waals surface area (Å²) in [5, 5.41) is 12.6. The van der Waals surface area contributed by atoms with E-state index in [4.69, 9.17) is 4.42 Å². The van der Waals surface area contributed by atoms with E-state index in [1.807, 2.05) is 0 Å². The average molecular weight is 457 g/mol. The van der Waals surface area contributed by atoms with Crippen LogP contribution in [0.4, 0.5) is 5.69 Å². The van der Waals surface area contributed by atoms with Crippen molar-refractivity contribution >= 4 is 27.4 Å². The highest BCUT2D eigenvalue weighted by atomic mass is 32.2. The molecular weight excluding hydrogens is 432 g/mol. The molecule has 0 aliphatic carbocycles. The fraction of sp³-hybridized carbons (Fsp3) is 0.217. The summed E-state index contributed by atoms with van der Waals surface area (Å²) in [4.78, 5) is 24.0. The van der Waals surface area contributed by atoms with E-state index in [0.717, 1.165) is 0 Å². The number of Topliss-reactive ketones (excluding diaryl/α,β-unsaturated/α-hetero) is 1. The fourth-order valence-corrected chi connectivity index (χ4v) is 4.64. The van der Waals surface area contributed by atoms with Gasteiger partial charge in [-0.25, -0.2) is 8.42 Å². The Morgan fingerprint density at radius 2 is 1.66 bits per heavy atom. The molecule has 1 aromatic heterocycles. The van der Waals surface area contributed by atoms with Gasteiger partial charge in [-0.1, -0.05) is 38.1 Å². The summed E-state index contributed by atoms with van der Waals surface area (Å²) in [6.45, 7) is 5.52. The monoisotopic (exact) mass is 456 g/mol. The van der Waals surface area contributed by atoms with Crippen LogP contribution in [0.25, 0.3) is 11.3 Å². The van der Waals surface area contributed by atoms with E-state index >= 15 is 0 Å². The quantitative estimate of drug-likeness (QED) is 0.389. The number of nitrogens with zero attached hydrogens (tertiary/aromatic N) is 1. The van der Waals surface area contributed by atoms with Crippen molar-refractivity contribution in [3.63, 3.8) is 0 Å². The smallest absolute Gasteiger partial charge is 0.291 e. The fourth-order valence-electron chi connectivity index (χ4n) is 3.16. The van der Waals surface area contributed by atoms with Crippen LogP contribution >= 0.6 is 0 Å². The van der Waals surface area contributed by atoms with Gasteiger partial charge in [-0.3, -0.25) is 9.59 Å². The standard InChI is InChI=1S/C23H24N2O6S/c1-4-25(5-2)32(29,30)18-10-11-20(27)19(14-18)24-23(28)22-13-12-21(31-22)17-8-6-16(7-9-17)15(3)26/h6-14,27H,4-5H2,1-3H3,(H,24,28). The summed E-state index contributed by atoms with van der Waals surface area (Å²) in [5.74, 6) is -0.576. The number of nitrogens with one attached hydrogen (secondary N) is 1. The van der Waals surface area contributed by atoms with E-state index < -0.39 is 15.9 Å². The first kappa shape index (κ1) is 23.2. The van der Waals surface area contributed by atoms with Crippen LogP contribution in [-0.4, -0.2) is 42.6 Å². The van der Waals surface area contributed by atoms with Crippen LogP contribution in [0.1, 0.15) is 41.7 Å². The van der Waals surface area contributed by atoms with Crippen molar-refractivity contribution in [3.8, 4) is 17.1 Å². The van der Waals surface area contributed by atoms with E-state index in [-0.39, 0.29) is 27.9 Å². The zero-order valence-electron chi connectivity index (χ0n) is 18.0. The third-order valence-corrected chi connectivity index (χ3v) is 7.01. The molecule has 0 spiro atoms. The van der Waals surface area contributed by atoms with Crippen molar-refractivity contribution < 1.29 is 27.5 Å². The van der Waals surface area contributed by atoms with Crippen LogP contribution in [0.2, 0.25) is 0 Å². The number of benzene rings is 2. The van der Waals surface area contributed by atoms with Crippen molar-refractivity contribution in [2.24, 2.45) is 0 Å². The van der Waals surface area contributed by atoms with Crippen LogP contribution in [0, 0.1) is 0 Å². The lowest BCUT2D eigenvalue weighted by Gasteiger charge is -2.19. The number of aromatic hydroxyl groups is 1. The first-order chi connectivity index (χ1) is 15.2. The van der Waals surface area contributed by atoms with E-state index in [2.05, 4.69) is 5.32 Å². The van der Waals surface area contributed by atoms with Gasteiger partial charge in [0, 0.05) is 24.2 Å². The number of amides is 1. The zero-order chi connectivity index (χ0) is 23.5. The predicted molar refractivity (Wildman–Crippen MR) is 120 cm³/mol. The molecule has 32 heavy (non-hydrogen) atoms. The first-order valence-electron chi connectivity index (χ1n) is 10.0. The van der Waals surface area contributed by atoms with Gasteiger partial charge in [0.25, 0.3) is 5.91 Å². The molecule has 168 valence electrons. The SMILES string of the molecule is CCN(CC)S(=O)(=O)c1ccc(O)c(NC(=O)c2ccc(-c3ccc(C(C)=O)cc3)o2)c1. The number of carbonyl (C=O) groups is 2. The first-order valence-corrected chi connectivity index (χ1v) is 11.5. The Hall–Kier alpha value is -3.43. The molecule has 2 N–H and O–H groups in total. The molecule has 0 radical (unpaired) electrons. The minimum Gasteiger partial charge on any atom is -0.506 e. The molecule has 0 aliphatic rings. The van der Waals surface area contributed by atoms with Crippen molar-refractivity contribution in [3.05, 3.63) is 65.9 Å². The summed E-state index contributed by atoms with van der Waals surface area (Å²) in [6.07, 6.45) is 0. The van der Waals surface area contributed by atoms with Gasteiger partial charge in [-0.05, 0) is 37.3 Å². The lowest BCUT2D eigenvalue weighted by atomic mass is 10.1. The molecular formula is C23H24N2O6S. The van der Waals surface area contributed by atoms with Crippen molar-refractivity contribution in [2.45, 2.75) is 25.7 Å². The van der Waals surface area contributed by atoms with Crippen LogP contribution in [0.15, 0.2) is 63.9 Å². The highest BCUT2D eigenvalue weighted by Crippen LogP contribution is 2.29. The normalized spacial score (nSPS) is 11.5. The largest absolute Gasteiger partial charge is 0.506 e. The Bertz CT molecular complexity index is 1240. The summed E-state index contributed by atoms with van der Waals surface area (Å²) in [6, 6.07) is 13.6. The molecule has 2 aromatic carbocycles. The third-order valence-electron chi connectivity index (χ3n) is 4.97. The maximum absolute atomic E-state index is 12.7. The maximum atomic E-state index is 12.7. The van der Waals surface area contributed by atoms with E-state index in [9.17, 15) is 23.1 Å².